The summed E-state index contributed by atoms with van der Waals surface area (Å²) in [4.78, 5) is 26.3. The van der Waals surface area contributed by atoms with Crippen LogP contribution in [0.25, 0.3) is 0 Å². The first-order chi connectivity index (χ1) is 10.8. The second-order valence-corrected chi connectivity index (χ2v) is 6.04. The summed E-state index contributed by atoms with van der Waals surface area (Å²) in [7, 11) is 0. The van der Waals surface area contributed by atoms with E-state index >= 15 is 0 Å². The Morgan fingerprint density at radius 2 is 1.76 bits per heavy atom. The van der Waals surface area contributed by atoms with Gasteiger partial charge in [0.25, 0.3) is 5.91 Å². The first-order valence-corrected chi connectivity index (χ1v) is 7.98. The second-order valence-electron chi connectivity index (χ2n) is 6.04. The highest BCUT2D eigenvalue weighted by Gasteiger charge is 2.21. The summed E-state index contributed by atoms with van der Waals surface area (Å²) in [5.74, 6) is -0.447. The molecule has 0 saturated heterocycles. The zero-order valence-electron chi connectivity index (χ0n) is 15.3. The fourth-order valence-electron chi connectivity index (χ4n) is 2.00. The monoisotopic (exact) mass is 392 g/mol. The lowest BCUT2D eigenvalue weighted by Crippen LogP contribution is -2.45. The number of carbonyl (C=O) groups is 2. The van der Waals surface area contributed by atoms with E-state index in [0.717, 1.165) is 19.6 Å². The second kappa shape index (κ2) is 12.1. The van der Waals surface area contributed by atoms with Crippen LogP contribution in [0.2, 0.25) is 0 Å². The van der Waals surface area contributed by atoms with E-state index in [9.17, 15) is 9.59 Å². The van der Waals surface area contributed by atoms with Crippen molar-refractivity contribution in [2.24, 2.45) is 5.73 Å². The van der Waals surface area contributed by atoms with Crippen molar-refractivity contribution in [2.45, 2.75) is 33.2 Å². The van der Waals surface area contributed by atoms with Gasteiger partial charge >= 0.3 is 0 Å². The maximum Gasteiger partial charge on any atom is 0.251 e. The number of benzene rings is 1. The van der Waals surface area contributed by atoms with Crippen LogP contribution in [0.5, 0.6) is 0 Å². The van der Waals surface area contributed by atoms with Gasteiger partial charge in [-0.3, -0.25) is 9.59 Å². The third-order valence-electron chi connectivity index (χ3n) is 3.58. The number of nitrogens with zero attached hydrogens (tertiary/aromatic N) is 1. The van der Waals surface area contributed by atoms with E-state index < -0.39 is 5.54 Å². The molecule has 6 nitrogen and oxygen atoms in total. The lowest BCUT2D eigenvalue weighted by Gasteiger charge is -2.19. The summed E-state index contributed by atoms with van der Waals surface area (Å²) in [5, 5.41) is 5.61. The molecule has 0 atom stereocenters. The van der Waals surface area contributed by atoms with Crippen LogP contribution in [0, 0.1) is 0 Å². The molecule has 0 aliphatic heterocycles. The SMILES string of the molecule is CCN(CC)CCNC(=O)c1cccc(NC(=O)C(C)(C)N)c1.Cl.Cl. The summed E-state index contributed by atoms with van der Waals surface area (Å²) < 4.78 is 0. The van der Waals surface area contributed by atoms with Gasteiger partial charge in [-0.2, -0.15) is 0 Å². The van der Waals surface area contributed by atoms with Crippen molar-refractivity contribution >= 4 is 42.3 Å². The number of hydrogen-bond acceptors (Lipinski definition) is 4. The van der Waals surface area contributed by atoms with Gasteiger partial charge in [-0.05, 0) is 45.1 Å². The van der Waals surface area contributed by atoms with E-state index in [0.29, 0.717) is 17.8 Å². The highest BCUT2D eigenvalue weighted by atomic mass is 35.5. The van der Waals surface area contributed by atoms with Gasteiger partial charge < -0.3 is 21.3 Å². The third-order valence-corrected chi connectivity index (χ3v) is 3.58. The Balaban J connectivity index is 0. The smallest absolute Gasteiger partial charge is 0.251 e. The fourth-order valence-corrected chi connectivity index (χ4v) is 2.00. The average Bonchev–Trinajstić information content (AvgIpc) is 2.50. The summed E-state index contributed by atoms with van der Waals surface area (Å²) in [6, 6.07) is 6.83. The quantitative estimate of drug-likeness (QED) is 0.632. The molecule has 0 aromatic heterocycles. The van der Waals surface area contributed by atoms with Crippen molar-refractivity contribution in [1.82, 2.24) is 10.2 Å². The van der Waals surface area contributed by atoms with Crippen molar-refractivity contribution in [3.8, 4) is 0 Å². The molecule has 2 amide bonds. The lowest BCUT2D eigenvalue weighted by molar-refractivity contribution is -0.120. The van der Waals surface area contributed by atoms with E-state index in [4.69, 9.17) is 5.73 Å². The highest BCUT2D eigenvalue weighted by molar-refractivity contribution is 5.99. The van der Waals surface area contributed by atoms with Gasteiger partial charge in [0.15, 0.2) is 0 Å². The molecule has 1 aromatic carbocycles. The molecular weight excluding hydrogens is 363 g/mol. The molecule has 4 N–H and O–H groups in total. The number of rotatable bonds is 8. The molecule has 25 heavy (non-hydrogen) atoms. The summed E-state index contributed by atoms with van der Waals surface area (Å²) in [5.41, 5.74) is 5.85. The lowest BCUT2D eigenvalue weighted by atomic mass is 10.1. The third kappa shape index (κ3) is 9.07. The number of nitrogens with two attached hydrogens (primary N) is 1. The van der Waals surface area contributed by atoms with Crippen LogP contribution in [0.3, 0.4) is 0 Å². The summed E-state index contributed by atoms with van der Waals surface area (Å²) >= 11 is 0. The molecule has 0 fully saturated rings. The number of hydrogen-bond donors (Lipinski definition) is 3. The first-order valence-electron chi connectivity index (χ1n) is 7.98. The van der Waals surface area contributed by atoms with Gasteiger partial charge in [-0.25, -0.2) is 0 Å². The Kier molecular flexibility index (Phi) is 12.5. The van der Waals surface area contributed by atoms with Crippen LogP contribution in [0.4, 0.5) is 5.69 Å². The highest BCUT2D eigenvalue weighted by Crippen LogP contribution is 2.12. The largest absolute Gasteiger partial charge is 0.351 e. The predicted molar refractivity (Wildman–Crippen MR) is 108 cm³/mol. The molecule has 0 radical (unpaired) electrons. The Labute approximate surface area is 162 Å². The minimum absolute atomic E-state index is 0. The maximum absolute atomic E-state index is 12.2. The number of amides is 2. The van der Waals surface area contributed by atoms with Crippen LogP contribution in [0.1, 0.15) is 38.1 Å². The molecule has 8 heteroatoms. The van der Waals surface area contributed by atoms with Crippen LogP contribution < -0.4 is 16.4 Å². The Hall–Kier alpha value is -1.34. The molecule has 0 spiro atoms. The predicted octanol–water partition coefficient (Wildman–Crippen LogP) is 2.28. The van der Waals surface area contributed by atoms with Crippen molar-refractivity contribution in [2.75, 3.05) is 31.5 Å². The number of halogens is 2. The number of carbonyl (C=O) groups excluding carboxylic acids is 2. The molecule has 1 rings (SSSR count). The van der Waals surface area contributed by atoms with Crippen LogP contribution in [-0.2, 0) is 4.79 Å². The molecule has 0 bridgehead atoms. The van der Waals surface area contributed by atoms with Crippen LogP contribution in [-0.4, -0.2) is 48.4 Å². The average molecular weight is 393 g/mol. The van der Waals surface area contributed by atoms with Crippen LogP contribution in [0.15, 0.2) is 24.3 Å². The van der Waals surface area contributed by atoms with E-state index in [-0.39, 0.29) is 36.6 Å². The standard InChI is InChI=1S/C17H28N4O2.2ClH/c1-5-21(6-2)11-10-19-15(22)13-8-7-9-14(12-13)20-16(23)17(3,4)18;;/h7-9,12H,5-6,10-11,18H2,1-4H3,(H,19,22)(H,20,23);2*1H. The molecule has 144 valence electrons. The van der Waals surface area contributed by atoms with E-state index in [1.54, 1.807) is 38.1 Å². The molecule has 0 aliphatic carbocycles. The van der Waals surface area contributed by atoms with Gasteiger partial charge in [-0.15, -0.1) is 24.8 Å². The van der Waals surface area contributed by atoms with Gasteiger partial charge in [0, 0.05) is 24.3 Å². The molecule has 1 aromatic rings. The summed E-state index contributed by atoms with van der Waals surface area (Å²) in [6.07, 6.45) is 0. The fraction of sp³-hybridized carbons (Fsp3) is 0.529. The Morgan fingerprint density at radius 3 is 2.28 bits per heavy atom. The first kappa shape index (κ1) is 25.9. The van der Waals surface area contributed by atoms with Crippen molar-refractivity contribution < 1.29 is 9.59 Å². The van der Waals surface area contributed by atoms with Crippen molar-refractivity contribution in [3.05, 3.63) is 29.8 Å². The van der Waals surface area contributed by atoms with E-state index in [1.165, 1.54) is 0 Å². The summed E-state index contributed by atoms with van der Waals surface area (Å²) in [6.45, 7) is 10.8. The topological polar surface area (TPSA) is 87.5 Å². The van der Waals surface area contributed by atoms with Gasteiger partial charge in [-0.1, -0.05) is 19.9 Å². The minimum Gasteiger partial charge on any atom is -0.351 e. The molecule has 0 saturated carbocycles. The van der Waals surface area contributed by atoms with Gasteiger partial charge in [0.05, 0.1) is 5.54 Å². The molecule has 0 heterocycles. The zero-order chi connectivity index (χ0) is 17.5. The molecule has 0 unspecified atom stereocenters. The maximum atomic E-state index is 12.2. The molecular formula is C17H30Cl2N4O2. The van der Waals surface area contributed by atoms with E-state index in [2.05, 4.69) is 29.4 Å². The number of nitrogens with one attached hydrogen (secondary N) is 2. The van der Waals surface area contributed by atoms with E-state index in [1.807, 2.05) is 0 Å². The van der Waals surface area contributed by atoms with Crippen LogP contribution >= 0.6 is 24.8 Å². The molecule has 0 aliphatic rings. The Bertz CT molecular complexity index is 544. The number of anilines is 1. The van der Waals surface area contributed by atoms with Gasteiger partial charge in [0.2, 0.25) is 5.91 Å². The minimum atomic E-state index is -0.970. The number of likely N-dealkylation sites (N-methyl/N-ethyl adjacent to an activating group) is 1. The van der Waals surface area contributed by atoms with Crippen molar-refractivity contribution in [3.63, 3.8) is 0 Å². The van der Waals surface area contributed by atoms with Crippen molar-refractivity contribution in [1.29, 1.82) is 0 Å². The normalized spacial score (nSPS) is 10.5. The Morgan fingerprint density at radius 1 is 1.16 bits per heavy atom. The van der Waals surface area contributed by atoms with Gasteiger partial charge in [0.1, 0.15) is 0 Å². The zero-order valence-corrected chi connectivity index (χ0v) is 16.9.